The Morgan fingerprint density at radius 2 is 1.67 bits per heavy atom. The molecule has 1 aliphatic heterocycles. The van der Waals surface area contributed by atoms with E-state index >= 15 is 0 Å². The first-order valence-corrected chi connectivity index (χ1v) is 12.1. The van der Waals surface area contributed by atoms with E-state index in [1.54, 1.807) is 12.0 Å². The van der Waals surface area contributed by atoms with Gasteiger partial charge in [-0.2, -0.15) is 0 Å². The van der Waals surface area contributed by atoms with Crippen LogP contribution in [0.5, 0.6) is 5.75 Å². The summed E-state index contributed by atoms with van der Waals surface area (Å²) in [5, 5.41) is 0.538. The first-order valence-electron chi connectivity index (χ1n) is 11.2. The molecule has 1 aliphatic rings. The Morgan fingerprint density at radius 1 is 0.944 bits per heavy atom. The van der Waals surface area contributed by atoms with Crippen molar-refractivity contribution in [2.45, 2.75) is 6.17 Å². The summed E-state index contributed by atoms with van der Waals surface area (Å²) in [7, 11) is 2.88. The molecule has 8 heteroatoms. The molecular weight excluding hydrogens is 474 g/mol. The van der Waals surface area contributed by atoms with Crippen LogP contribution in [-0.4, -0.2) is 37.2 Å². The number of carbonyl (C=O) groups excluding carboxylic acids is 2. The fourth-order valence-electron chi connectivity index (χ4n) is 4.04. The van der Waals surface area contributed by atoms with Crippen LogP contribution in [-0.2, 0) is 14.3 Å². The summed E-state index contributed by atoms with van der Waals surface area (Å²) in [5.74, 6) is -0.283. The number of esters is 1. The molecule has 5 rings (SSSR count). The molecule has 180 valence electrons. The van der Waals surface area contributed by atoms with Crippen molar-refractivity contribution < 1.29 is 19.1 Å². The monoisotopic (exact) mass is 497 g/mol. The van der Waals surface area contributed by atoms with Gasteiger partial charge < -0.3 is 14.4 Å². The molecule has 0 spiro atoms. The highest BCUT2D eigenvalue weighted by Crippen LogP contribution is 2.39. The second kappa shape index (κ2) is 10.1. The van der Waals surface area contributed by atoms with Gasteiger partial charge >= 0.3 is 5.97 Å². The predicted molar refractivity (Wildman–Crippen MR) is 142 cm³/mol. The zero-order valence-corrected chi connectivity index (χ0v) is 20.5. The number of hydrogen-bond acceptors (Lipinski definition) is 7. The number of carbonyl (C=O) groups is 2. The van der Waals surface area contributed by atoms with Gasteiger partial charge in [0.1, 0.15) is 17.6 Å². The van der Waals surface area contributed by atoms with Crippen LogP contribution in [0.1, 0.15) is 5.56 Å². The van der Waals surface area contributed by atoms with Crippen molar-refractivity contribution in [1.29, 1.82) is 0 Å². The Bertz CT molecular complexity index is 1430. The average Bonchev–Trinajstić information content (AvgIpc) is 3.46. The van der Waals surface area contributed by atoms with E-state index in [4.69, 9.17) is 14.5 Å². The van der Waals surface area contributed by atoms with Gasteiger partial charge in [0.15, 0.2) is 5.13 Å². The number of para-hydroxylation sites is 1. The number of amides is 1. The van der Waals surface area contributed by atoms with Crippen molar-refractivity contribution >= 4 is 50.3 Å². The smallest absolute Gasteiger partial charge is 0.332 e. The van der Waals surface area contributed by atoms with Crippen LogP contribution in [0, 0.1) is 0 Å². The molecule has 0 radical (unpaired) electrons. The molecule has 0 saturated carbocycles. The number of aromatic nitrogens is 1. The molecule has 1 saturated heterocycles. The zero-order valence-electron chi connectivity index (χ0n) is 19.7. The van der Waals surface area contributed by atoms with Crippen LogP contribution in [0.15, 0.2) is 96.7 Å². The highest BCUT2D eigenvalue weighted by molar-refractivity contribution is 7.22. The van der Waals surface area contributed by atoms with Crippen molar-refractivity contribution in [2.75, 3.05) is 24.0 Å². The van der Waals surface area contributed by atoms with Crippen LogP contribution in [0.25, 0.3) is 16.3 Å². The number of benzene rings is 3. The molecule has 2 heterocycles. The van der Waals surface area contributed by atoms with Gasteiger partial charge in [-0.15, -0.1) is 0 Å². The number of thiazole rings is 1. The predicted octanol–water partition coefficient (Wildman–Crippen LogP) is 5.25. The standard InChI is InChI=1S/C28H23N3O4S/c1-34-21-15-13-20(14-16-21)30-23(18-26(32)35-2)27(33)31(25(30)17-12-19-8-4-3-5-9-19)28-29-22-10-6-7-11-24(22)36-28/h3-18,25H,1-2H3/b17-12+,23-18+. The van der Waals surface area contributed by atoms with Gasteiger partial charge in [-0.25, -0.2) is 9.78 Å². The molecular formula is C28H23N3O4S. The number of anilines is 2. The summed E-state index contributed by atoms with van der Waals surface area (Å²) in [4.78, 5) is 34.4. The minimum absolute atomic E-state index is 0.189. The van der Waals surface area contributed by atoms with Gasteiger partial charge in [0.2, 0.25) is 0 Å². The largest absolute Gasteiger partial charge is 0.497 e. The second-order valence-electron chi connectivity index (χ2n) is 7.94. The van der Waals surface area contributed by atoms with E-state index in [-0.39, 0.29) is 11.6 Å². The molecule has 1 fully saturated rings. The maximum absolute atomic E-state index is 13.9. The van der Waals surface area contributed by atoms with Crippen LogP contribution in [0.3, 0.4) is 0 Å². The summed E-state index contributed by atoms with van der Waals surface area (Å²) in [5.41, 5.74) is 2.69. The van der Waals surface area contributed by atoms with E-state index in [0.29, 0.717) is 16.6 Å². The minimum atomic E-state index is -0.617. The summed E-state index contributed by atoms with van der Waals surface area (Å²) < 4.78 is 11.1. The van der Waals surface area contributed by atoms with E-state index in [1.165, 1.54) is 24.5 Å². The van der Waals surface area contributed by atoms with E-state index in [1.807, 2.05) is 95.9 Å². The Kier molecular flexibility index (Phi) is 6.51. The number of methoxy groups -OCH3 is 2. The van der Waals surface area contributed by atoms with Gasteiger partial charge in [-0.05, 0) is 48.0 Å². The third-order valence-corrected chi connectivity index (χ3v) is 6.82. The number of hydrogen-bond donors (Lipinski definition) is 0. The van der Waals surface area contributed by atoms with Crippen molar-refractivity contribution in [1.82, 2.24) is 4.98 Å². The van der Waals surface area contributed by atoms with E-state index in [2.05, 4.69) is 0 Å². The number of fused-ring (bicyclic) bond motifs is 1. The minimum Gasteiger partial charge on any atom is -0.497 e. The van der Waals surface area contributed by atoms with Crippen molar-refractivity contribution in [3.8, 4) is 5.75 Å². The Hall–Kier alpha value is -4.43. The van der Waals surface area contributed by atoms with Crippen LogP contribution < -0.4 is 14.5 Å². The van der Waals surface area contributed by atoms with Crippen molar-refractivity contribution in [3.05, 3.63) is 102 Å². The lowest BCUT2D eigenvalue weighted by atomic mass is 10.2. The molecule has 1 unspecified atom stereocenters. The van der Waals surface area contributed by atoms with Gasteiger partial charge in [-0.1, -0.05) is 59.9 Å². The second-order valence-corrected chi connectivity index (χ2v) is 8.95. The molecule has 0 bridgehead atoms. The molecule has 36 heavy (non-hydrogen) atoms. The third-order valence-electron chi connectivity index (χ3n) is 5.78. The third kappa shape index (κ3) is 4.46. The molecule has 1 amide bonds. The fourth-order valence-corrected chi connectivity index (χ4v) is 5.03. The lowest BCUT2D eigenvalue weighted by molar-refractivity contribution is -0.135. The quantitative estimate of drug-likeness (QED) is 0.268. The summed E-state index contributed by atoms with van der Waals surface area (Å²) in [6.07, 6.45) is 4.53. The zero-order chi connectivity index (χ0) is 25.1. The summed E-state index contributed by atoms with van der Waals surface area (Å²) in [6, 6.07) is 24.9. The molecule has 0 aliphatic carbocycles. The fraction of sp³-hybridized carbons (Fsp3) is 0.107. The van der Waals surface area contributed by atoms with Crippen LogP contribution in [0.4, 0.5) is 10.8 Å². The molecule has 4 aromatic rings. The number of ether oxygens (including phenoxy) is 2. The molecule has 1 atom stereocenters. The van der Waals surface area contributed by atoms with Gasteiger partial charge in [-0.3, -0.25) is 9.69 Å². The maximum Gasteiger partial charge on any atom is 0.332 e. The van der Waals surface area contributed by atoms with Crippen LogP contribution in [0.2, 0.25) is 0 Å². The van der Waals surface area contributed by atoms with E-state index < -0.39 is 12.1 Å². The Morgan fingerprint density at radius 3 is 2.36 bits per heavy atom. The van der Waals surface area contributed by atoms with Crippen molar-refractivity contribution in [2.24, 2.45) is 0 Å². The normalized spacial score (nSPS) is 16.9. The molecule has 1 aromatic heterocycles. The Labute approximate surface area is 212 Å². The van der Waals surface area contributed by atoms with E-state index in [9.17, 15) is 9.59 Å². The van der Waals surface area contributed by atoms with E-state index in [0.717, 1.165) is 15.8 Å². The highest BCUT2D eigenvalue weighted by atomic mass is 32.1. The summed E-state index contributed by atoms with van der Waals surface area (Å²) in [6.45, 7) is 0. The van der Waals surface area contributed by atoms with Gasteiger partial charge in [0, 0.05) is 5.69 Å². The number of rotatable bonds is 6. The first-order chi connectivity index (χ1) is 17.6. The van der Waals surface area contributed by atoms with Gasteiger partial charge in [0.05, 0.1) is 30.5 Å². The average molecular weight is 498 g/mol. The molecule has 0 N–H and O–H groups in total. The van der Waals surface area contributed by atoms with Crippen molar-refractivity contribution in [3.63, 3.8) is 0 Å². The molecule has 3 aromatic carbocycles. The maximum atomic E-state index is 13.9. The highest BCUT2D eigenvalue weighted by Gasteiger charge is 2.44. The SMILES string of the molecule is COC(=O)/C=C1\C(=O)N(c2nc3ccccc3s2)C(/C=C/c2ccccc2)N1c1ccc(OC)cc1. The lowest BCUT2D eigenvalue weighted by Gasteiger charge is -2.27. The Balaban J connectivity index is 1.68. The summed E-state index contributed by atoms with van der Waals surface area (Å²) >= 11 is 1.42. The lowest BCUT2D eigenvalue weighted by Crippen LogP contribution is -2.38. The number of nitrogens with zero attached hydrogens (tertiary/aromatic N) is 3. The van der Waals surface area contributed by atoms with Gasteiger partial charge in [0.25, 0.3) is 5.91 Å². The molecule has 7 nitrogen and oxygen atoms in total. The topological polar surface area (TPSA) is 72.0 Å². The first kappa shape index (κ1) is 23.3. The van der Waals surface area contributed by atoms with Crippen LogP contribution >= 0.6 is 11.3 Å².